The molecule has 1 aromatic carbocycles. The number of nitrogens with two attached hydrogens (primary N) is 1. The average Bonchev–Trinajstić information content (AvgIpc) is 3.15. The number of ether oxygens (including phenoxy) is 1. The van der Waals surface area contributed by atoms with Crippen LogP contribution in [0.4, 0.5) is 5.82 Å². The summed E-state index contributed by atoms with van der Waals surface area (Å²) in [5, 5.41) is 4.23. The molecule has 1 atom stereocenters. The van der Waals surface area contributed by atoms with Gasteiger partial charge >= 0.3 is 0 Å². The molecule has 2 heterocycles. The monoisotopic (exact) mass is 504 g/mol. The first-order valence-electron chi connectivity index (χ1n) is 8.70. The van der Waals surface area contributed by atoms with E-state index in [1.807, 2.05) is 0 Å². The predicted octanol–water partition coefficient (Wildman–Crippen LogP) is 3.38. The molecule has 3 N–H and O–H groups in total. The zero-order valence-electron chi connectivity index (χ0n) is 16.6. The maximum Gasteiger partial charge on any atom is 0.264 e. The van der Waals surface area contributed by atoms with Crippen LogP contribution in [0.25, 0.3) is 0 Å². The van der Waals surface area contributed by atoms with Crippen LogP contribution in [0.5, 0.6) is 5.88 Å². The number of aromatic nitrogens is 4. The Morgan fingerprint density at radius 3 is 2.65 bits per heavy atom. The Balaban J connectivity index is 1.83. The number of benzene rings is 1. The summed E-state index contributed by atoms with van der Waals surface area (Å²) in [7, 11) is -2.74. The zero-order chi connectivity index (χ0) is 22.8. The van der Waals surface area contributed by atoms with Gasteiger partial charge in [0.05, 0.1) is 28.9 Å². The summed E-state index contributed by atoms with van der Waals surface area (Å²) >= 11 is 13.3. The van der Waals surface area contributed by atoms with Gasteiger partial charge in [0.1, 0.15) is 9.92 Å². The molecule has 0 radical (unpaired) electrons. The summed E-state index contributed by atoms with van der Waals surface area (Å²) in [4.78, 5) is 12.6. The van der Waals surface area contributed by atoms with E-state index < -0.39 is 16.1 Å². The molecular formula is C17H18Cl2N6O4S2. The molecule has 0 bridgehead atoms. The van der Waals surface area contributed by atoms with Gasteiger partial charge in [0.25, 0.3) is 15.9 Å². The van der Waals surface area contributed by atoms with Crippen LogP contribution in [-0.4, -0.2) is 41.4 Å². The molecule has 3 rings (SSSR count). The number of aryl methyl sites for hydroxylation is 2. The number of nitrogens with one attached hydrogen (secondary N) is 1. The van der Waals surface area contributed by atoms with Crippen molar-refractivity contribution in [1.82, 2.24) is 20.1 Å². The van der Waals surface area contributed by atoms with Gasteiger partial charge in [-0.15, -0.1) is 11.8 Å². The number of hydrogen-bond acceptors (Lipinski definition) is 10. The number of rotatable bonds is 8. The molecule has 0 aliphatic heterocycles. The van der Waals surface area contributed by atoms with Crippen LogP contribution in [0.2, 0.25) is 10.0 Å². The van der Waals surface area contributed by atoms with E-state index in [1.54, 1.807) is 13.8 Å². The van der Waals surface area contributed by atoms with Crippen LogP contribution in [0.1, 0.15) is 23.5 Å². The van der Waals surface area contributed by atoms with Gasteiger partial charge in [-0.1, -0.05) is 34.4 Å². The number of methoxy groups -OCH3 is 1. The SMILES string of the molecule is COc1nc(SC[C@H](N)c2nc(C)no2)c(C)nc1NS(=O)(=O)c1cccc(Cl)c1Cl. The lowest BCUT2D eigenvalue weighted by Crippen LogP contribution is -2.17. The van der Waals surface area contributed by atoms with Gasteiger partial charge in [-0.3, -0.25) is 4.72 Å². The highest BCUT2D eigenvalue weighted by atomic mass is 35.5. The van der Waals surface area contributed by atoms with Gasteiger partial charge in [0, 0.05) is 5.75 Å². The number of halogens is 2. The molecule has 0 spiro atoms. The number of thioether (sulfide) groups is 1. The summed E-state index contributed by atoms with van der Waals surface area (Å²) in [6.07, 6.45) is 0. The van der Waals surface area contributed by atoms with Crippen molar-refractivity contribution in [3.63, 3.8) is 0 Å². The van der Waals surface area contributed by atoms with Crippen molar-refractivity contribution in [1.29, 1.82) is 0 Å². The normalized spacial score (nSPS) is 12.6. The summed E-state index contributed by atoms with van der Waals surface area (Å²) < 4.78 is 38.2. The van der Waals surface area contributed by atoms with Crippen molar-refractivity contribution >= 4 is 50.8 Å². The summed E-state index contributed by atoms with van der Waals surface area (Å²) in [6, 6.07) is 3.78. The highest BCUT2D eigenvalue weighted by molar-refractivity contribution is 7.99. The molecule has 10 nitrogen and oxygen atoms in total. The Hall–Kier alpha value is -2.12. The van der Waals surface area contributed by atoms with Crippen LogP contribution >= 0.6 is 35.0 Å². The molecule has 2 aromatic heterocycles. The molecule has 3 aromatic rings. The fraction of sp³-hybridized carbons (Fsp3) is 0.294. The minimum Gasteiger partial charge on any atom is -0.478 e. The Kier molecular flexibility index (Phi) is 7.27. The lowest BCUT2D eigenvalue weighted by molar-refractivity contribution is 0.360. The molecular weight excluding hydrogens is 487 g/mol. The lowest BCUT2D eigenvalue weighted by atomic mass is 10.4. The first-order valence-corrected chi connectivity index (χ1v) is 11.9. The maximum atomic E-state index is 12.8. The highest BCUT2D eigenvalue weighted by Gasteiger charge is 2.24. The van der Waals surface area contributed by atoms with E-state index >= 15 is 0 Å². The van der Waals surface area contributed by atoms with Crippen LogP contribution in [0.15, 0.2) is 32.6 Å². The largest absolute Gasteiger partial charge is 0.478 e. The molecule has 14 heteroatoms. The average molecular weight is 505 g/mol. The van der Waals surface area contributed by atoms with Crippen LogP contribution in [0, 0.1) is 13.8 Å². The molecule has 0 aliphatic carbocycles. The third-order valence-electron chi connectivity index (χ3n) is 3.88. The number of nitrogens with zero attached hydrogens (tertiary/aromatic N) is 4. The Morgan fingerprint density at radius 2 is 2.00 bits per heavy atom. The first-order chi connectivity index (χ1) is 14.6. The topological polar surface area (TPSA) is 146 Å². The minimum absolute atomic E-state index is 0.0166. The molecule has 31 heavy (non-hydrogen) atoms. The summed E-state index contributed by atoms with van der Waals surface area (Å²) in [5.41, 5.74) is 6.54. The van der Waals surface area contributed by atoms with Gasteiger partial charge in [0.2, 0.25) is 11.7 Å². The third-order valence-corrected chi connectivity index (χ3v) is 7.38. The summed E-state index contributed by atoms with van der Waals surface area (Å²) in [6.45, 7) is 3.38. The third kappa shape index (κ3) is 5.39. The lowest BCUT2D eigenvalue weighted by Gasteiger charge is -2.14. The Morgan fingerprint density at radius 1 is 1.26 bits per heavy atom. The quantitative estimate of drug-likeness (QED) is 0.437. The molecule has 0 aliphatic rings. The highest BCUT2D eigenvalue weighted by Crippen LogP contribution is 2.33. The standard InChI is InChI=1S/C17H18Cl2N6O4S2/c1-8-17(30-7-11(20)15-22-9(2)24-29-15)23-16(28-3)14(21-8)25-31(26,27)12-6-4-5-10(18)13(12)19/h4-6,11H,7,20H2,1-3H3,(H,21,25)/t11-/m0/s1. The predicted molar refractivity (Wildman–Crippen MR) is 117 cm³/mol. The first kappa shape index (κ1) is 23.5. The smallest absolute Gasteiger partial charge is 0.264 e. The van der Waals surface area contributed by atoms with E-state index in [4.69, 9.17) is 38.2 Å². The number of sulfonamides is 1. The molecule has 0 unspecified atom stereocenters. The van der Waals surface area contributed by atoms with Gasteiger partial charge < -0.3 is 15.0 Å². The van der Waals surface area contributed by atoms with E-state index in [9.17, 15) is 8.42 Å². The van der Waals surface area contributed by atoms with Gasteiger partial charge in [-0.25, -0.2) is 18.4 Å². The van der Waals surface area contributed by atoms with E-state index in [2.05, 4.69) is 24.8 Å². The van der Waals surface area contributed by atoms with Gasteiger partial charge in [0.15, 0.2) is 5.82 Å². The number of hydrogen-bond donors (Lipinski definition) is 2. The zero-order valence-corrected chi connectivity index (χ0v) is 19.7. The Labute approximate surface area is 192 Å². The number of anilines is 1. The van der Waals surface area contributed by atoms with Gasteiger partial charge in [-0.05, 0) is 26.0 Å². The molecule has 166 valence electrons. The molecule has 0 saturated carbocycles. The van der Waals surface area contributed by atoms with Crippen LogP contribution < -0.4 is 15.2 Å². The van der Waals surface area contributed by atoms with Crippen molar-refractivity contribution in [2.24, 2.45) is 5.73 Å². The molecule has 0 fully saturated rings. The van der Waals surface area contributed by atoms with E-state index in [0.717, 1.165) is 0 Å². The van der Waals surface area contributed by atoms with Crippen molar-refractivity contribution in [2.75, 3.05) is 17.6 Å². The minimum atomic E-state index is -4.09. The molecule has 0 saturated heterocycles. The van der Waals surface area contributed by atoms with E-state index in [1.165, 1.54) is 37.1 Å². The van der Waals surface area contributed by atoms with Crippen LogP contribution in [-0.2, 0) is 10.0 Å². The van der Waals surface area contributed by atoms with Crippen LogP contribution in [0.3, 0.4) is 0 Å². The summed E-state index contributed by atoms with van der Waals surface area (Å²) in [5.74, 6) is 1.08. The fourth-order valence-corrected chi connectivity index (χ4v) is 5.06. The maximum absolute atomic E-state index is 12.8. The van der Waals surface area contributed by atoms with Crippen molar-refractivity contribution in [2.45, 2.75) is 29.8 Å². The van der Waals surface area contributed by atoms with E-state index in [0.29, 0.717) is 28.2 Å². The van der Waals surface area contributed by atoms with Crippen molar-refractivity contribution in [3.8, 4) is 5.88 Å². The van der Waals surface area contributed by atoms with Gasteiger partial charge in [-0.2, -0.15) is 4.98 Å². The second-order valence-corrected chi connectivity index (χ2v) is 9.67. The van der Waals surface area contributed by atoms with Crippen molar-refractivity contribution < 1.29 is 17.7 Å². The second-order valence-electron chi connectivity index (χ2n) is 6.23. The fourth-order valence-electron chi connectivity index (χ4n) is 2.41. The Bertz CT molecular complexity index is 1210. The molecule has 0 amide bonds. The second kappa shape index (κ2) is 9.57. The van der Waals surface area contributed by atoms with E-state index in [-0.39, 0.29) is 26.6 Å². The van der Waals surface area contributed by atoms with Crippen molar-refractivity contribution in [3.05, 3.63) is 45.7 Å².